The summed E-state index contributed by atoms with van der Waals surface area (Å²) in [5.41, 5.74) is 2.21. The number of aromatic amines is 1. The average molecular weight is 670 g/mol. The van der Waals surface area contributed by atoms with Crippen LogP contribution < -0.4 is 19.7 Å². The van der Waals surface area contributed by atoms with Crippen LogP contribution in [-0.4, -0.2) is 52.3 Å². The maximum atomic E-state index is 14.5. The molecule has 1 fully saturated rings. The second-order valence-corrected chi connectivity index (χ2v) is 12.5. The molecule has 47 heavy (non-hydrogen) atoms. The first-order chi connectivity index (χ1) is 22.3. The molecule has 1 atom stereocenters. The SMILES string of the molecule is COc1cc(NC(C(=O)N2CC3(CC3)c3ccc(OC(F)(F)F)cc32)c2ccc(Cl)cc2)cc(C(C)=NOC(C)(C)c2nn[nH]n2)c1. The van der Waals surface area contributed by atoms with Crippen molar-refractivity contribution in [1.29, 1.82) is 0 Å². The number of methoxy groups -OCH3 is 1. The second-order valence-electron chi connectivity index (χ2n) is 12.0. The van der Waals surface area contributed by atoms with Gasteiger partial charge in [0.25, 0.3) is 5.91 Å². The van der Waals surface area contributed by atoms with E-state index in [9.17, 15) is 18.0 Å². The Morgan fingerprint density at radius 1 is 1.09 bits per heavy atom. The Morgan fingerprint density at radius 2 is 1.83 bits per heavy atom. The third-order valence-corrected chi connectivity index (χ3v) is 8.51. The lowest BCUT2D eigenvalue weighted by Crippen LogP contribution is -2.38. The highest BCUT2D eigenvalue weighted by molar-refractivity contribution is 6.30. The Morgan fingerprint density at radius 3 is 2.47 bits per heavy atom. The molecule has 15 heteroatoms. The zero-order chi connectivity index (χ0) is 33.6. The van der Waals surface area contributed by atoms with Gasteiger partial charge in [0.05, 0.1) is 18.5 Å². The lowest BCUT2D eigenvalue weighted by molar-refractivity contribution is -0.274. The first-order valence-corrected chi connectivity index (χ1v) is 15.0. The molecule has 246 valence electrons. The molecule has 2 heterocycles. The number of carbonyl (C=O) groups excluding carboxylic acids is 1. The van der Waals surface area contributed by atoms with Crippen molar-refractivity contribution in [1.82, 2.24) is 20.6 Å². The minimum absolute atomic E-state index is 0.293. The van der Waals surface area contributed by atoms with Crippen molar-refractivity contribution in [2.24, 2.45) is 5.16 Å². The molecular formula is C32H31ClF3N7O4. The van der Waals surface area contributed by atoms with Gasteiger partial charge in [-0.3, -0.25) is 4.79 Å². The van der Waals surface area contributed by atoms with Gasteiger partial charge in [0.1, 0.15) is 17.5 Å². The number of H-pyrrole nitrogens is 1. The fourth-order valence-corrected chi connectivity index (χ4v) is 5.72. The van der Waals surface area contributed by atoms with Crippen LogP contribution in [0.4, 0.5) is 24.5 Å². The molecule has 1 aliphatic heterocycles. The molecule has 0 radical (unpaired) electrons. The molecule has 11 nitrogen and oxygen atoms in total. The molecule has 1 saturated carbocycles. The first-order valence-electron chi connectivity index (χ1n) is 14.7. The highest BCUT2D eigenvalue weighted by Gasteiger charge is 2.54. The summed E-state index contributed by atoms with van der Waals surface area (Å²) in [5, 5.41) is 22.0. The fraction of sp³-hybridized carbons (Fsp3) is 0.344. The number of benzene rings is 3. The number of oxime groups is 1. The van der Waals surface area contributed by atoms with Crippen LogP contribution in [0.5, 0.6) is 11.5 Å². The highest BCUT2D eigenvalue weighted by atomic mass is 35.5. The molecule has 1 aliphatic carbocycles. The average Bonchev–Trinajstić information content (AvgIpc) is 3.44. The molecule has 4 aromatic rings. The van der Waals surface area contributed by atoms with Crippen LogP contribution in [0, 0.1) is 0 Å². The molecular weight excluding hydrogens is 639 g/mol. The number of hydrogen-bond donors (Lipinski definition) is 2. The molecule has 1 amide bonds. The lowest BCUT2D eigenvalue weighted by Gasteiger charge is -2.27. The van der Waals surface area contributed by atoms with Gasteiger partial charge >= 0.3 is 6.36 Å². The van der Waals surface area contributed by atoms with Gasteiger partial charge in [0.15, 0.2) is 5.60 Å². The Kier molecular flexibility index (Phi) is 8.24. The smallest absolute Gasteiger partial charge is 0.497 e. The Bertz CT molecular complexity index is 1810. The third kappa shape index (κ3) is 6.82. The number of carbonyl (C=O) groups is 1. The number of aromatic nitrogens is 4. The lowest BCUT2D eigenvalue weighted by atomic mass is 9.99. The predicted octanol–water partition coefficient (Wildman–Crippen LogP) is 6.67. The number of hydrogen-bond acceptors (Lipinski definition) is 9. The summed E-state index contributed by atoms with van der Waals surface area (Å²) in [7, 11) is 1.52. The van der Waals surface area contributed by atoms with Crippen LogP contribution >= 0.6 is 11.6 Å². The van der Waals surface area contributed by atoms with Gasteiger partial charge < -0.3 is 24.5 Å². The number of halogens is 4. The molecule has 6 rings (SSSR count). The van der Waals surface area contributed by atoms with E-state index in [4.69, 9.17) is 21.2 Å². The minimum atomic E-state index is -4.87. The topological polar surface area (TPSA) is 127 Å². The number of tetrazole rings is 1. The number of fused-ring (bicyclic) bond motifs is 2. The normalized spacial score (nSPS) is 16.1. The van der Waals surface area contributed by atoms with Crippen molar-refractivity contribution in [3.63, 3.8) is 0 Å². The summed E-state index contributed by atoms with van der Waals surface area (Å²) >= 11 is 6.18. The van der Waals surface area contributed by atoms with Crippen LogP contribution in [-0.2, 0) is 20.6 Å². The van der Waals surface area contributed by atoms with Crippen LogP contribution in [0.2, 0.25) is 5.02 Å². The number of rotatable bonds is 10. The van der Waals surface area contributed by atoms with Crippen molar-refractivity contribution in [2.75, 3.05) is 23.9 Å². The van der Waals surface area contributed by atoms with Crippen molar-refractivity contribution in [2.45, 2.75) is 57.0 Å². The van der Waals surface area contributed by atoms with E-state index >= 15 is 0 Å². The molecule has 1 aromatic heterocycles. The van der Waals surface area contributed by atoms with E-state index in [1.165, 1.54) is 19.2 Å². The predicted molar refractivity (Wildman–Crippen MR) is 168 cm³/mol. The summed E-state index contributed by atoms with van der Waals surface area (Å²) in [4.78, 5) is 21.8. The van der Waals surface area contributed by atoms with Crippen LogP contribution in [0.3, 0.4) is 0 Å². The summed E-state index contributed by atoms with van der Waals surface area (Å²) in [6.45, 7) is 5.58. The number of amides is 1. The van der Waals surface area contributed by atoms with E-state index in [0.717, 1.165) is 18.4 Å². The van der Waals surface area contributed by atoms with E-state index in [-0.39, 0.29) is 17.1 Å². The summed E-state index contributed by atoms with van der Waals surface area (Å²) in [6.07, 6.45) is -3.22. The van der Waals surface area contributed by atoms with Crippen LogP contribution in [0.1, 0.15) is 62.2 Å². The molecule has 0 saturated heterocycles. The van der Waals surface area contributed by atoms with E-state index in [1.54, 1.807) is 74.2 Å². The van der Waals surface area contributed by atoms with Gasteiger partial charge in [0.2, 0.25) is 5.82 Å². The van der Waals surface area contributed by atoms with Gasteiger partial charge in [-0.1, -0.05) is 40.2 Å². The summed E-state index contributed by atoms with van der Waals surface area (Å²) < 4.78 is 49.1. The minimum Gasteiger partial charge on any atom is -0.497 e. The third-order valence-electron chi connectivity index (χ3n) is 8.26. The van der Waals surface area contributed by atoms with E-state index in [1.807, 2.05) is 0 Å². The Hall–Kier alpha value is -4.85. The quantitative estimate of drug-likeness (QED) is 0.142. The first kappa shape index (κ1) is 32.1. The molecule has 0 bridgehead atoms. The van der Waals surface area contributed by atoms with Crippen molar-refractivity contribution in [3.8, 4) is 11.5 Å². The van der Waals surface area contributed by atoms with Gasteiger partial charge in [-0.05, 0) is 75.1 Å². The van der Waals surface area contributed by atoms with E-state index in [0.29, 0.717) is 51.4 Å². The van der Waals surface area contributed by atoms with Crippen LogP contribution in [0.15, 0.2) is 65.8 Å². The Labute approximate surface area is 273 Å². The molecule has 1 spiro atoms. The summed E-state index contributed by atoms with van der Waals surface area (Å²) in [5.74, 6) is 0.0535. The van der Waals surface area contributed by atoms with E-state index < -0.39 is 18.0 Å². The van der Waals surface area contributed by atoms with Gasteiger partial charge in [-0.2, -0.15) is 5.21 Å². The number of anilines is 2. The zero-order valence-corrected chi connectivity index (χ0v) is 26.6. The maximum Gasteiger partial charge on any atom is 0.573 e. The number of ether oxygens (including phenoxy) is 2. The zero-order valence-electron chi connectivity index (χ0n) is 25.9. The van der Waals surface area contributed by atoms with Gasteiger partial charge in [-0.15, -0.1) is 23.4 Å². The maximum absolute atomic E-state index is 14.5. The number of nitrogens with zero attached hydrogens (tertiary/aromatic N) is 5. The largest absolute Gasteiger partial charge is 0.573 e. The molecule has 3 aromatic carbocycles. The number of nitrogens with one attached hydrogen (secondary N) is 2. The second kappa shape index (κ2) is 12.1. The monoisotopic (exact) mass is 669 g/mol. The van der Waals surface area contributed by atoms with Crippen molar-refractivity contribution in [3.05, 3.63) is 88.2 Å². The number of alkyl halides is 3. The molecule has 2 aliphatic rings. The highest BCUT2D eigenvalue weighted by Crippen LogP contribution is 2.57. The Balaban J connectivity index is 1.33. The van der Waals surface area contributed by atoms with Crippen LogP contribution in [0.25, 0.3) is 0 Å². The fourth-order valence-electron chi connectivity index (χ4n) is 5.60. The molecule has 1 unspecified atom stereocenters. The van der Waals surface area contributed by atoms with Crippen molar-refractivity contribution < 1.29 is 32.3 Å². The van der Waals surface area contributed by atoms with Gasteiger partial charge in [-0.25, -0.2) is 0 Å². The standard InChI is InChI=1S/C32H31ClF3N7O4/c1-18(40-47-30(2,3)29-38-41-42-39-29)20-13-22(15-24(14-20)45-4)37-27(19-5-7-21(33)8-6-19)28(44)43-17-31(11-12-31)25-10-9-23(16-26(25)43)46-32(34,35)36/h5-10,13-16,27,37H,11-12,17H2,1-4H3,(H,38,39,41,42). The molecule has 2 N–H and O–H groups in total. The van der Waals surface area contributed by atoms with Gasteiger partial charge in [0, 0.05) is 40.4 Å². The van der Waals surface area contributed by atoms with Crippen molar-refractivity contribution >= 4 is 34.6 Å². The van der Waals surface area contributed by atoms with E-state index in [2.05, 4.69) is 35.8 Å². The summed E-state index contributed by atoms with van der Waals surface area (Å²) in [6, 6.07) is 15.3.